The monoisotopic (exact) mass is 370 g/mol. The van der Waals surface area contributed by atoms with Gasteiger partial charge in [-0.25, -0.2) is 0 Å². The first kappa shape index (κ1) is 18.3. The summed E-state index contributed by atoms with van der Waals surface area (Å²) in [7, 11) is 4.34. The highest BCUT2D eigenvalue weighted by Crippen LogP contribution is 2.44. The van der Waals surface area contributed by atoms with Gasteiger partial charge in [0.2, 0.25) is 11.8 Å². The second kappa shape index (κ2) is 7.37. The standard InChI is InChI=1S/C18H18N4O5/c1-24-12-5-4-9(6-13(12)25-2)15-10(8-19)17(20)27-18-16(15)11(21-22-18)7-14(23)26-3/h4-6,10,15,20H,7H2,1-3H3,(H,21,22). The highest BCUT2D eigenvalue weighted by Gasteiger charge is 2.41. The van der Waals surface area contributed by atoms with Gasteiger partial charge in [0.1, 0.15) is 5.92 Å². The topological polar surface area (TPSA) is 130 Å². The molecule has 2 unspecified atom stereocenters. The number of rotatable bonds is 5. The fraction of sp³-hybridized carbons (Fsp3) is 0.333. The van der Waals surface area contributed by atoms with Crippen LogP contribution in [0.3, 0.4) is 0 Å². The maximum Gasteiger partial charge on any atom is 0.311 e. The second-order valence-electron chi connectivity index (χ2n) is 5.84. The second-order valence-corrected chi connectivity index (χ2v) is 5.84. The predicted octanol–water partition coefficient (Wildman–Crippen LogP) is 1.78. The molecule has 1 aromatic carbocycles. The van der Waals surface area contributed by atoms with Gasteiger partial charge < -0.3 is 18.9 Å². The molecule has 2 N–H and O–H groups in total. The van der Waals surface area contributed by atoms with Gasteiger partial charge in [0.25, 0.3) is 0 Å². The number of hydrogen-bond donors (Lipinski definition) is 2. The van der Waals surface area contributed by atoms with Gasteiger partial charge >= 0.3 is 5.97 Å². The van der Waals surface area contributed by atoms with Crippen molar-refractivity contribution in [2.75, 3.05) is 21.3 Å². The number of carbonyl (C=O) groups excluding carboxylic acids is 1. The Labute approximate surface area is 155 Å². The van der Waals surface area contributed by atoms with Crippen LogP contribution in [-0.2, 0) is 16.0 Å². The summed E-state index contributed by atoms with van der Waals surface area (Å²) in [6.45, 7) is 0. The Morgan fingerprint density at radius 3 is 2.70 bits per heavy atom. The molecule has 1 aliphatic heterocycles. The molecule has 0 amide bonds. The zero-order valence-corrected chi connectivity index (χ0v) is 15.0. The Hall–Kier alpha value is -3.54. The molecule has 0 bridgehead atoms. The van der Waals surface area contributed by atoms with E-state index in [-0.39, 0.29) is 18.2 Å². The molecular weight excluding hydrogens is 352 g/mol. The normalized spacial score (nSPS) is 18.1. The van der Waals surface area contributed by atoms with Crippen molar-refractivity contribution >= 4 is 11.9 Å². The Morgan fingerprint density at radius 2 is 2.07 bits per heavy atom. The van der Waals surface area contributed by atoms with Crippen molar-refractivity contribution in [3.8, 4) is 23.4 Å². The molecule has 140 valence electrons. The zero-order valence-electron chi connectivity index (χ0n) is 15.0. The maximum atomic E-state index is 11.8. The number of nitrogens with zero attached hydrogens (tertiary/aromatic N) is 2. The van der Waals surface area contributed by atoms with E-state index in [1.54, 1.807) is 18.2 Å². The predicted molar refractivity (Wildman–Crippen MR) is 93.2 cm³/mol. The number of aromatic amines is 1. The molecule has 1 aliphatic rings. The van der Waals surface area contributed by atoms with E-state index in [1.165, 1.54) is 21.3 Å². The summed E-state index contributed by atoms with van der Waals surface area (Å²) in [6.07, 6.45) is -0.0581. The number of fused-ring (bicyclic) bond motifs is 1. The van der Waals surface area contributed by atoms with Crippen LogP contribution in [0.25, 0.3) is 0 Å². The summed E-state index contributed by atoms with van der Waals surface area (Å²) in [6, 6.07) is 7.36. The lowest BCUT2D eigenvalue weighted by molar-refractivity contribution is -0.139. The van der Waals surface area contributed by atoms with E-state index in [0.717, 1.165) is 0 Å². The van der Waals surface area contributed by atoms with Crippen molar-refractivity contribution < 1.29 is 23.7 Å². The molecule has 0 spiro atoms. The van der Waals surface area contributed by atoms with Crippen LogP contribution in [0, 0.1) is 22.7 Å². The van der Waals surface area contributed by atoms with Gasteiger partial charge in [-0.2, -0.15) is 5.26 Å². The molecule has 3 rings (SSSR count). The smallest absolute Gasteiger partial charge is 0.311 e. The fourth-order valence-electron chi connectivity index (χ4n) is 3.14. The molecule has 2 aromatic rings. The SMILES string of the molecule is COC(=O)Cc1[nH]nc2c1C(c1ccc(OC)c(OC)c1)C(C#N)C(=N)O2. The number of aromatic nitrogens is 2. The summed E-state index contributed by atoms with van der Waals surface area (Å²) < 4.78 is 20.7. The highest BCUT2D eigenvalue weighted by molar-refractivity contribution is 5.85. The number of methoxy groups -OCH3 is 3. The Morgan fingerprint density at radius 1 is 1.33 bits per heavy atom. The van der Waals surface area contributed by atoms with Crippen LogP contribution in [0.5, 0.6) is 17.4 Å². The summed E-state index contributed by atoms with van der Waals surface area (Å²) in [5.74, 6) is -0.912. The van der Waals surface area contributed by atoms with Crippen molar-refractivity contribution in [3.05, 3.63) is 35.0 Å². The molecule has 0 aliphatic carbocycles. The van der Waals surface area contributed by atoms with E-state index >= 15 is 0 Å². The van der Waals surface area contributed by atoms with E-state index in [1.807, 2.05) is 0 Å². The highest BCUT2D eigenvalue weighted by atomic mass is 16.5. The van der Waals surface area contributed by atoms with Crippen LogP contribution < -0.4 is 14.2 Å². The molecule has 0 radical (unpaired) electrons. The summed E-state index contributed by atoms with van der Waals surface area (Å²) in [4.78, 5) is 11.8. The number of carbonyl (C=O) groups is 1. The van der Waals surface area contributed by atoms with Crippen LogP contribution >= 0.6 is 0 Å². The molecule has 27 heavy (non-hydrogen) atoms. The molecule has 9 nitrogen and oxygen atoms in total. The molecule has 9 heteroatoms. The lowest BCUT2D eigenvalue weighted by Crippen LogP contribution is -2.31. The number of esters is 1. The molecule has 0 fully saturated rings. The third-order valence-electron chi connectivity index (χ3n) is 4.44. The average Bonchev–Trinajstić information content (AvgIpc) is 3.07. The van der Waals surface area contributed by atoms with Gasteiger partial charge in [0.15, 0.2) is 11.5 Å². The van der Waals surface area contributed by atoms with Crippen LogP contribution in [0.2, 0.25) is 0 Å². The Bertz CT molecular complexity index is 930. The van der Waals surface area contributed by atoms with Gasteiger partial charge in [-0.05, 0) is 17.7 Å². The first-order valence-corrected chi connectivity index (χ1v) is 8.05. The lowest BCUT2D eigenvalue weighted by atomic mass is 9.79. The minimum atomic E-state index is -0.885. The Kier molecular flexibility index (Phi) is 4.98. The van der Waals surface area contributed by atoms with Crippen LogP contribution in [0.4, 0.5) is 0 Å². The molecule has 0 saturated carbocycles. The van der Waals surface area contributed by atoms with Crippen LogP contribution in [0.15, 0.2) is 18.2 Å². The van der Waals surface area contributed by atoms with E-state index in [9.17, 15) is 10.1 Å². The third-order valence-corrected chi connectivity index (χ3v) is 4.44. The van der Waals surface area contributed by atoms with Gasteiger partial charge in [0.05, 0.1) is 39.5 Å². The number of ether oxygens (including phenoxy) is 4. The van der Waals surface area contributed by atoms with Gasteiger partial charge in [-0.15, -0.1) is 5.10 Å². The molecule has 2 atom stereocenters. The summed E-state index contributed by atoms with van der Waals surface area (Å²) in [5, 5.41) is 24.5. The minimum Gasteiger partial charge on any atom is -0.493 e. The molecule has 0 saturated heterocycles. The number of nitrogens with one attached hydrogen (secondary N) is 2. The number of nitriles is 1. The quantitative estimate of drug-likeness (QED) is 0.767. The largest absolute Gasteiger partial charge is 0.493 e. The van der Waals surface area contributed by atoms with Crippen molar-refractivity contribution in [2.45, 2.75) is 12.3 Å². The van der Waals surface area contributed by atoms with Crippen molar-refractivity contribution in [2.24, 2.45) is 5.92 Å². The first-order valence-electron chi connectivity index (χ1n) is 8.05. The minimum absolute atomic E-state index is 0.0581. The van der Waals surface area contributed by atoms with Crippen molar-refractivity contribution in [1.82, 2.24) is 10.2 Å². The molecule has 1 aromatic heterocycles. The maximum absolute atomic E-state index is 11.8. The lowest BCUT2D eigenvalue weighted by Gasteiger charge is -2.28. The third kappa shape index (κ3) is 3.17. The van der Waals surface area contributed by atoms with Crippen LogP contribution in [0.1, 0.15) is 22.7 Å². The van der Waals surface area contributed by atoms with E-state index in [2.05, 4.69) is 16.3 Å². The molecular formula is C18H18N4O5. The van der Waals surface area contributed by atoms with E-state index < -0.39 is 17.8 Å². The van der Waals surface area contributed by atoms with E-state index in [4.69, 9.17) is 24.4 Å². The average molecular weight is 370 g/mol. The zero-order chi connectivity index (χ0) is 19.6. The van der Waals surface area contributed by atoms with Gasteiger partial charge in [0, 0.05) is 11.5 Å². The molecule has 2 heterocycles. The van der Waals surface area contributed by atoms with Gasteiger partial charge in [-0.3, -0.25) is 15.3 Å². The van der Waals surface area contributed by atoms with Crippen molar-refractivity contribution in [1.29, 1.82) is 10.7 Å². The van der Waals surface area contributed by atoms with E-state index in [0.29, 0.717) is 28.3 Å². The summed E-state index contributed by atoms with van der Waals surface area (Å²) in [5.41, 5.74) is 1.74. The number of benzene rings is 1. The fourth-order valence-corrected chi connectivity index (χ4v) is 3.14. The van der Waals surface area contributed by atoms with Gasteiger partial charge in [-0.1, -0.05) is 6.07 Å². The Balaban J connectivity index is 2.16. The summed E-state index contributed by atoms with van der Waals surface area (Å²) >= 11 is 0. The number of hydrogen-bond acceptors (Lipinski definition) is 8. The first-order chi connectivity index (χ1) is 13.0. The van der Waals surface area contributed by atoms with Crippen molar-refractivity contribution in [3.63, 3.8) is 0 Å². The van der Waals surface area contributed by atoms with Crippen LogP contribution in [-0.4, -0.2) is 43.4 Å². The number of H-pyrrole nitrogens is 1.